The number of rotatable bonds is 7. The maximum Gasteiger partial charge on any atom is 0.338 e. The van der Waals surface area contributed by atoms with Gasteiger partial charge in [-0.2, -0.15) is 11.8 Å². The van der Waals surface area contributed by atoms with Gasteiger partial charge in [-0.3, -0.25) is 10.1 Å². The molecule has 2 rings (SSSR count). The second-order valence-electron chi connectivity index (χ2n) is 5.62. The molecule has 0 saturated carbocycles. The molecule has 0 aromatic heterocycles. The van der Waals surface area contributed by atoms with Crippen molar-refractivity contribution < 1.29 is 19.2 Å². The van der Waals surface area contributed by atoms with Crippen molar-refractivity contribution in [3.05, 3.63) is 51.2 Å². The normalized spacial score (nSPS) is 17.1. The van der Waals surface area contributed by atoms with Crippen LogP contribution in [0.25, 0.3) is 0 Å². The van der Waals surface area contributed by atoms with E-state index in [4.69, 9.17) is 4.74 Å². The Balaban J connectivity index is 2.30. The number of nitro benzene ring substituents is 1. The Kier molecular flexibility index (Phi) is 6.62. The van der Waals surface area contributed by atoms with Gasteiger partial charge in [0.2, 0.25) is 0 Å². The van der Waals surface area contributed by atoms with Crippen LogP contribution in [-0.2, 0) is 9.53 Å². The molecule has 0 radical (unpaired) electrons. The maximum absolute atomic E-state index is 12.6. The average molecular weight is 379 g/mol. The first kappa shape index (κ1) is 19.8. The molecule has 9 heteroatoms. The van der Waals surface area contributed by atoms with E-state index < -0.39 is 16.9 Å². The van der Waals surface area contributed by atoms with Crippen LogP contribution in [0.5, 0.6) is 0 Å². The maximum atomic E-state index is 12.6. The summed E-state index contributed by atoms with van der Waals surface area (Å²) >= 11 is 1.66. The molecule has 1 atom stereocenters. The van der Waals surface area contributed by atoms with Crippen molar-refractivity contribution in [3.8, 4) is 0 Å². The van der Waals surface area contributed by atoms with E-state index in [2.05, 4.69) is 5.32 Å². The van der Waals surface area contributed by atoms with Gasteiger partial charge < -0.3 is 15.0 Å². The van der Waals surface area contributed by atoms with Gasteiger partial charge in [-0.15, -0.1) is 0 Å². The number of amides is 2. The van der Waals surface area contributed by atoms with Crippen molar-refractivity contribution in [2.75, 3.05) is 25.2 Å². The molecule has 0 bridgehead atoms. The van der Waals surface area contributed by atoms with Crippen molar-refractivity contribution in [2.24, 2.45) is 0 Å². The lowest BCUT2D eigenvalue weighted by Gasteiger charge is -2.33. The topological polar surface area (TPSA) is 102 Å². The zero-order valence-corrected chi connectivity index (χ0v) is 15.7. The minimum Gasteiger partial charge on any atom is -0.461 e. The number of allylic oxidation sites excluding steroid dienone is 1. The SMILES string of the molecule is CCSCCOC(=O)C1=C(C)N(C)C(=O)N[C@H]1c1ccc([N+](=O)[O-])cc1. The number of non-ortho nitro benzene ring substituents is 1. The molecular weight excluding hydrogens is 358 g/mol. The van der Waals surface area contributed by atoms with Gasteiger partial charge in [-0.1, -0.05) is 6.92 Å². The van der Waals surface area contributed by atoms with Gasteiger partial charge >= 0.3 is 12.0 Å². The van der Waals surface area contributed by atoms with Crippen molar-refractivity contribution >= 4 is 29.4 Å². The summed E-state index contributed by atoms with van der Waals surface area (Å²) in [5.74, 6) is 1.12. The smallest absolute Gasteiger partial charge is 0.338 e. The fraction of sp³-hybridized carbons (Fsp3) is 0.412. The van der Waals surface area contributed by atoms with Gasteiger partial charge in [0.25, 0.3) is 5.69 Å². The highest BCUT2D eigenvalue weighted by Gasteiger charge is 2.35. The predicted molar refractivity (Wildman–Crippen MR) is 98.8 cm³/mol. The van der Waals surface area contributed by atoms with Crippen LogP contribution in [-0.4, -0.2) is 47.0 Å². The average Bonchev–Trinajstić information content (AvgIpc) is 2.63. The molecule has 1 N–H and O–H groups in total. The summed E-state index contributed by atoms with van der Waals surface area (Å²) in [4.78, 5) is 36.4. The number of nitro groups is 1. The van der Waals surface area contributed by atoms with Crippen LogP contribution in [0, 0.1) is 10.1 Å². The van der Waals surface area contributed by atoms with Crippen LogP contribution in [0.4, 0.5) is 10.5 Å². The molecule has 1 aliphatic rings. The van der Waals surface area contributed by atoms with Crippen LogP contribution in [0.3, 0.4) is 0 Å². The Morgan fingerprint density at radius 1 is 1.38 bits per heavy atom. The lowest BCUT2D eigenvalue weighted by atomic mass is 9.95. The molecule has 1 aromatic rings. The summed E-state index contributed by atoms with van der Waals surface area (Å²) in [6.45, 7) is 3.97. The zero-order valence-electron chi connectivity index (χ0n) is 14.9. The first-order valence-electron chi connectivity index (χ1n) is 8.11. The minimum atomic E-state index is -0.717. The Morgan fingerprint density at radius 2 is 2.04 bits per heavy atom. The highest BCUT2D eigenvalue weighted by Crippen LogP contribution is 2.31. The number of thioether (sulfide) groups is 1. The third-order valence-electron chi connectivity index (χ3n) is 4.08. The van der Waals surface area contributed by atoms with E-state index in [1.165, 1.54) is 29.2 Å². The van der Waals surface area contributed by atoms with E-state index >= 15 is 0 Å². The quantitative estimate of drug-likeness (QED) is 0.338. The number of hydrogen-bond donors (Lipinski definition) is 1. The third kappa shape index (κ3) is 4.34. The summed E-state index contributed by atoms with van der Waals surface area (Å²) < 4.78 is 5.35. The summed E-state index contributed by atoms with van der Waals surface area (Å²) in [5, 5.41) is 13.6. The summed E-state index contributed by atoms with van der Waals surface area (Å²) in [6, 6.07) is 4.67. The molecule has 0 aliphatic carbocycles. The lowest BCUT2D eigenvalue weighted by Crippen LogP contribution is -2.46. The van der Waals surface area contributed by atoms with Crippen LogP contribution in [0.1, 0.15) is 25.5 Å². The Labute approximate surface area is 155 Å². The van der Waals surface area contributed by atoms with E-state index in [0.717, 1.165) is 5.75 Å². The fourth-order valence-corrected chi connectivity index (χ4v) is 3.04. The van der Waals surface area contributed by atoms with Crippen molar-refractivity contribution in [1.29, 1.82) is 0 Å². The molecule has 1 aliphatic heterocycles. The highest BCUT2D eigenvalue weighted by molar-refractivity contribution is 7.99. The van der Waals surface area contributed by atoms with Crippen molar-refractivity contribution in [1.82, 2.24) is 10.2 Å². The van der Waals surface area contributed by atoms with Crippen LogP contribution >= 0.6 is 11.8 Å². The zero-order chi connectivity index (χ0) is 19.3. The number of hydrogen-bond acceptors (Lipinski definition) is 6. The van der Waals surface area contributed by atoms with Crippen LogP contribution in [0.2, 0.25) is 0 Å². The van der Waals surface area contributed by atoms with E-state index in [-0.39, 0.29) is 18.3 Å². The molecular formula is C17H21N3O5S. The van der Waals surface area contributed by atoms with E-state index in [1.54, 1.807) is 25.7 Å². The van der Waals surface area contributed by atoms with E-state index in [1.807, 2.05) is 6.92 Å². The minimum absolute atomic E-state index is 0.0607. The fourth-order valence-electron chi connectivity index (χ4n) is 2.55. The summed E-state index contributed by atoms with van der Waals surface area (Å²) in [7, 11) is 1.57. The molecule has 2 amide bonds. The second-order valence-corrected chi connectivity index (χ2v) is 7.02. The predicted octanol–water partition coefficient (Wildman–Crippen LogP) is 2.86. The summed E-state index contributed by atoms with van der Waals surface area (Å²) in [5.41, 5.74) is 1.33. The molecule has 0 unspecified atom stereocenters. The number of carbonyl (C=O) groups excluding carboxylic acids is 2. The summed E-state index contributed by atoms with van der Waals surface area (Å²) in [6.07, 6.45) is 0. The van der Waals surface area contributed by atoms with E-state index in [9.17, 15) is 19.7 Å². The molecule has 26 heavy (non-hydrogen) atoms. The number of ether oxygens (including phenoxy) is 1. The molecule has 0 saturated heterocycles. The lowest BCUT2D eigenvalue weighted by molar-refractivity contribution is -0.384. The standard InChI is InChI=1S/C17H21N3O5S/c1-4-26-10-9-25-16(21)14-11(2)19(3)17(22)18-15(14)12-5-7-13(8-6-12)20(23)24/h5-8,15H,4,9-10H2,1-3H3,(H,18,22)/t15-/m0/s1. The van der Waals surface area contributed by atoms with Gasteiger partial charge in [0, 0.05) is 30.6 Å². The molecule has 0 fully saturated rings. The third-order valence-corrected chi connectivity index (χ3v) is 4.94. The number of urea groups is 1. The number of esters is 1. The molecule has 0 spiro atoms. The van der Waals surface area contributed by atoms with Gasteiger partial charge in [-0.25, -0.2) is 9.59 Å². The second kappa shape index (κ2) is 8.70. The monoisotopic (exact) mass is 379 g/mol. The van der Waals surface area contributed by atoms with Gasteiger partial charge in [0.15, 0.2) is 0 Å². The number of nitrogens with one attached hydrogen (secondary N) is 1. The van der Waals surface area contributed by atoms with Gasteiger partial charge in [0.05, 0.1) is 16.5 Å². The van der Waals surface area contributed by atoms with E-state index in [0.29, 0.717) is 22.6 Å². The molecule has 1 aromatic carbocycles. The van der Waals surface area contributed by atoms with Gasteiger partial charge in [-0.05, 0) is 30.4 Å². The molecule has 8 nitrogen and oxygen atoms in total. The first-order valence-corrected chi connectivity index (χ1v) is 9.26. The van der Waals surface area contributed by atoms with Crippen molar-refractivity contribution in [2.45, 2.75) is 19.9 Å². The molecule has 140 valence electrons. The largest absolute Gasteiger partial charge is 0.461 e. The first-order chi connectivity index (χ1) is 12.4. The number of carbonyl (C=O) groups is 2. The number of benzene rings is 1. The Bertz CT molecular complexity index is 732. The molecule has 1 heterocycles. The van der Waals surface area contributed by atoms with Crippen LogP contribution < -0.4 is 5.32 Å². The Morgan fingerprint density at radius 3 is 2.62 bits per heavy atom. The van der Waals surface area contributed by atoms with Crippen molar-refractivity contribution in [3.63, 3.8) is 0 Å². The van der Waals surface area contributed by atoms with Gasteiger partial charge in [0.1, 0.15) is 6.61 Å². The highest BCUT2D eigenvalue weighted by atomic mass is 32.2. The van der Waals surface area contributed by atoms with Crippen LogP contribution in [0.15, 0.2) is 35.5 Å². The Hall–Kier alpha value is -2.55. The number of nitrogens with zero attached hydrogens (tertiary/aromatic N) is 2.